The normalized spacial score (nSPS) is 13.0. The molecule has 1 atom stereocenters. The largest absolute Gasteiger partial charge is 0.380 e. The van der Waals surface area contributed by atoms with Crippen LogP contribution in [0.15, 0.2) is 5.38 Å². The first-order chi connectivity index (χ1) is 7.22. The smallest absolute Gasteiger partial charge is 0.0940 e. The average molecular weight is 228 g/mol. The Hall–Kier alpha value is -0.450. The van der Waals surface area contributed by atoms with E-state index in [2.05, 4.69) is 22.6 Å². The van der Waals surface area contributed by atoms with E-state index in [9.17, 15) is 0 Å². The number of nitrogens with one attached hydrogen (secondary N) is 1. The van der Waals surface area contributed by atoms with Gasteiger partial charge in [-0.25, -0.2) is 4.98 Å². The maximum Gasteiger partial charge on any atom is 0.0940 e. The lowest BCUT2D eigenvalue weighted by Gasteiger charge is -2.12. The Kier molecular flexibility index (Phi) is 5.83. The van der Waals surface area contributed by atoms with E-state index in [1.807, 2.05) is 13.8 Å². The predicted octanol–water partition coefficient (Wildman–Crippen LogP) is 2.01. The molecule has 1 rings (SSSR count). The molecule has 0 saturated carbocycles. The minimum Gasteiger partial charge on any atom is -0.380 e. The third-order valence-electron chi connectivity index (χ3n) is 2.07. The molecule has 0 spiro atoms. The number of thiazole rings is 1. The lowest BCUT2D eigenvalue weighted by Crippen LogP contribution is -2.32. The number of ether oxygens (including phenoxy) is 1. The van der Waals surface area contributed by atoms with E-state index in [0.717, 1.165) is 31.9 Å². The van der Waals surface area contributed by atoms with Crippen LogP contribution in [0, 0.1) is 6.92 Å². The van der Waals surface area contributed by atoms with Crippen molar-refractivity contribution in [3.8, 4) is 0 Å². The van der Waals surface area contributed by atoms with Crippen molar-refractivity contribution >= 4 is 11.3 Å². The van der Waals surface area contributed by atoms with E-state index in [1.54, 1.807) is 11.3 Å². The Balaban J connectivity index is 2.10. The van der Waals surface area contributed by atoms with Crippen LogP contribution in [0.4, 0.5) is 0 Å². The quantitative estimate of drug-likeness (QED) is 0.775. The summed E-state index contributed by atoms with van der Waals surface area (Å²) in [6.07, 6.45) is 1.01. The summed E-state index contributed by atoms with van der Waals surface area (Å²) in [5.41, 5.74) is 1.12. The number of aryl methyl sites for hydroxylation is 1. The number of hydrogen-bond donors (Lipinski definition) is 1. The molecule has 1 aromatic rings. The second kappa shape index (κ2) is 6.93. The zero-order chi connectivity index (χ0) is 11.1. The topological polar surface area (TPSA) is 34.1 Å². The lowest BCUT2D eigenvalue weighted by molar-refractivity contribution is 0.127. The molecule has 0 aliphatic heterocycles. The fraction of sp³-hybridized carbons (Fsp3) is 0.727. The molecule has 0 aliphatic carbocycles. The standard InChI is InChI=1S/C11H20N2OS/c1-4-14-7-9(2)12-6-5-11-13-10(3)8-15-11/h8-9,12H,4-7H2,1-3H3. The fourth-order valence-electron chi connectivity index (χ4n) is 1.30. The fourth-order valence-corrected chi connectivity index (χ4v) is 2.07. The third-order valence-corrected chi connectivity index (χ3v) is 3.10. The highest BCUT2D eigenvalue weighted by atomic mass is 32.1. The van der Waals surface area contributed by atoms with Crippen LogP contribution in [0.1, 0.15) is 24.5 Å². The van der Waals surface area contributed by atoms with Crippen molar-refractivity contribution < 1.29 is 4.74 Å². The SMILES string of the molecule is CCOCC(C)NCCc1nc(C)cs1. The maximum absolute atomic E-state index is 5.33. The Morgan fingerprint density at radius 3 is 3.00 bits per heavy atom. The van der Waals surface area contributed by atoms with Gasteiger partial charge in [0.2, 0.25) is 0 Å². The summed E-state index contributed by atoms with van der Waals surface area (Å²) in [4.78, 5) is 4.42. The van der Waals surface area contributed by atoms with E-state index in [0.29, 0.717) is 6.04 Å². The van der Waals surface area contributed by atoms with Gasteiger partial charge in [-0.1, -0.05) is 0 Å². The molecule has 86 valence electrons. The molecule has 0 fully saturated rings. The van der Waals surface area contributed by atoms with Crippen LogP contribution in [0.2, 0.25) is 0 Å². The predicted molar refractivity (Wildman–Crippen MR) is 64.5 cm³/mol. The second-order valence-electron chi connectivity index (χ2n) is 3.65. The number of aromatic nitrogens is 1. The van der Waals surface area contributed by atoms with Crippen LogP contribution in [0.5, 0.6) is 0 Å². The highest BCUT2D eigenvalue weighted by molar-refractivity contribution is 7.09. The summed E-state index contributed by atoms with van der Waals surface area (Å²) < 4.78 is 5.33. The van der Waals surface area contributed by atoms with Crippen molar-refractivity contribution in [2.75, 3.05) is 19.8 Å². The van der Waals surface area contributed by atoms with Gasteiger partial charge in [0.25, 0.3) is 0 Å². The van der Waals surface area contributed by atoms with Gasteiger partial charge in [-0.2, -0.15) is 0 Å². The van der Waals surface area contributed by atoms with Crippen molar-refractivity contribution in [1.29, 1.82) is 0 Å². The Morgan fingerprint density at radius 2 is 2.40 bits per heavy atom. The summed E-state index contributed by atoms with van der Waals surface area (Å²) in [7, 11) is 0. The maximum atomic E-state index is 5.33. The van der Waals surface area contributed by atoms with Gasteiger partial charge in [-0.05, 0) is 20.8 Å². The van der Waals surface area contributed by atoms with Crippen molar-refractivity contribution in [3.63, 3.8) is 0 Å². The zero-order valence-corrected chi connectivity index (χ0v) is 10.6. The van der Waals surface area contributed by atoms with Crippen LogP contribution in [-0.2, 0) is 11.2 Å². The summed E-state index contributed by atoms with van der Waals surface area (Å²) in [5.74, 6) is 0. The van der Waals surface area contributed by atoms with Crippen LogP contribution >= 0.6 is 11.3 Å². The van der Waals surface area contributed by atoms with Crippen LogP contribution in [0.25, 0.3) is 0 Å². The van der Waals surface area contributed by atoms with Gasteiger partial charge in [0.15, 0.2) is 0 Å². The lowest BCUT2D eigenvalue weighted by atomic mass is 10.3. The molecule has 0 saturated heterocycles. The molecule has 0 aliphatic rings. The first-order valence-corrected chi connectivity index (χ1v) is 6.32. The first-order valence-electron chi connectivity index (χ1n) is 5.44. The van der Waals surface area contributed by atoms with Crippen molar-refractivity contribution in [3.05, 3.63) is 16.1 Å². The molecule has 1 N–H and O–H groups in total. The van der Waals surface area contributed by atoms with Gasteiger partial charge in [0.1, 0.15) is 0 Å². The van der Waals surface area contributed by atoms with E-state index in [4.69, 9.17) is 4.74 Å². The molecular formula is C11H20N2OS. The Labute approximate surface area is 95.9 Å². The molecule has 0 bridgehead atoms. The van der Waals surface area contributed by atoms with Gasteiger partial charge in [-0.15, -0.1) is 11.3 Å². The van der Waals surface area contributed by atoms with E-state index in [1.165, 1.54) is 5.01 Å². The number of hydrogen-bond acceptors (Lipinski definition) is 4. The first kappa shape index (κ1) is 12.6. The molecule has 1 unspecified atom stereocenters. The van der Waals surface area contributed by atoms with Crippen molar-refractivity contribution in [2.45, 2.75) is 33.2 Å². The molecule has 1 aromatic heterocycles. The second-order valence-corrected chi connectivity index (χ2v) is 4.59. The molecule has 4 heteroatoms. The summed E-state index contributed by atoms with van der Waals surface area (Å²) >= 11 is 1.74. The van der Waals surface area contributed by atoms with Gasteiger partial charge in [0, 0.05) is 36.7 Å². The minimum atomic E-state index is 0.422. The van der Waals surface area contributed by atoms with Crippen molar-refractivity contribution in [1.82, 2.24) is 10.3 Å². The third kappa shape index (κ3) is 5.25. The minimum absolute atomic E-state index is 0.422. The van der Waals surface area contributed by atoms with Crippen LogP contribution < -0.4 is 5.32 Å². The molecule has 15 heavy (non-hydrogen) atoms. The van der Waals surface area contributed by atoms with Gasteiger partial charge in [0.05, 0.1) is 11.6 Å². The highest BCUT2D eigenvalue weighted by Gasteiger charge is 2.02. The van der Waals surface area contributed by atoms with Crippen LogP contribution in [-0.4, -0.2) is 30.8 Å². The molecule has 0 radical (unpaired) electrons. The highest BCUT2D eigenvalue weighted by Crippen LogP contribution is 2.08. The van der Waals surface area contributed by atoms with Crippen LogP contribution in [0.3, 0.4) is 0 Å². The van der Waals surface area contributed by atoms with Gasteiger partial charge < -0.3 is 10.1 Å². The Bertz CT molecular complexity index is 275. The van der Waals surface area contributed by atoms with Gasteiger partial charge >= 0.3 is 0 Å². The van der Waals surface area contributed by atoms with E-state index < -0.39 is 0 Å². The van der Waals surface area contributed by atoms with Crippen molar-refractivity contribution in [2.24, 2.45) is 0 Å². The molecular weight excluding hydrogens is 208 g/mol. The molecule has 0 amide bonds. The molecule has 0 aromatic carbocycles. The summed E-state index contributed by atoms with van der Waals surface area (Å²) in [6.45, 7) is 8.74. The Morgan fingerprint density at radius 1 is 1.60 bits per heavy atom. The summed E-state index contributed by atoms with van der Waals surface area (Å²) in [6, 6.07) is 0.422. The number of rotatable bonds is 7. The molecule has 3 nitrogen and oxygen atoms in total. The molecule has 1 heterocycles. The monoisotopic (exact) mass is 228 g/mol. The zero-order valence-electron chi connectivity index (χ0n) is 9.75. The van der Waals surface area contributed by atoms with E-state index in [-0.39, 0.29) is 0 Å². The van der Waals surface area contributed by atoms with E-state index >= 15 is 0 Å². The van der Waals surface area contributed by atoms with Gasteiger partial charge in [-0.3, -0.25) is 0 Å². The average Bonchev–Trinajstić information content (AvgIpc) is 2.61. The summed E-state index contributed by atoms with van der Waals surface area (Å²) in [5, 5.41) is 6.72. The number of nitrogens with zero attached hydrogens (tertiary/aromatic N) is 1.